The number of rotatable bonds is 8. The SMILES string of the molecule is CC(C)c1ccc(C(C)C)s1.CC(C)c1cccs1.CC(C)c1ccn(C(C)C)c1.CC(C)n1cccc1.Cc1ccc(C(C)C)s1.Cc1ccn(C(C)C)c1. The molecule has 0 spiro atoms. The van der Waals surface area contributed by atoms with Crippen LogP contribution in [0.4, 0.5) is 0 Å². The number of thiophene rings is 3. The van der Waals surface area contributed by atoms with Gasteiger partial charge in [-0.05, 0) is 156 Å². The van der Waals surface area contributed by atoms with Crippen LogP contribution >= 0.6 is 34.0 Å². The molecule has 0 aliphatic carbocycles. The van der Waals surface area contributed by atoms with Crippen LogP contribution in [-0.2, 0) is 0 Å². The molecule has 0 saturated heterocycles. The summed E-state index contributed by atoms with van der Waals surface area (Å²) in [5, 5.41) is 2.12. The Morgan fingerprint density at radius 3 is 1.07 bits per heavy atom. The Morgan fingerprint density at radius 1 is 0.393 bits per heavy atom. The predicted octanol–water partition coefficient (Wildman–Crippen LogP) is 17.7. The Labute approximate surface area is 356 Å². The largest absolute Gasteiger partial charge is 0.352 e. The van der Waals surface area contributed by atoms with Crippen molar-refractivity contribution in [3.8, 4) is 0 Å². The summed E-state index contributed by atoms with van der Waals surface area (Å²) in [5.74, 6) is 3.42. The number of hydrogen-bond acceptors (Lipinski definition) is 3. The number of nitrogens with zero attached hydrogens (tertiary/aromatic N) is 3. The van der Waals surface area contributed by atoms with Crippen molar-refractivity contribution in [2.45, 2.75) is 172 Å². The van der Waals surface area contributed by atoms with E-state index in [1.165, 1.54) is 35.5 Å². The number of hydrogen-bond donors (Lipinski definition) is 0. The van der Waals surface area contributed by atoms with E-state index >= 15 is 0 Å². The molecule has 0 radical (unpaired) electrons. The highest BCUT2D eigenvalue weighted by Gasteiger charge is 2.06. The molecular weight excluding hydrogens is 739 g/mol. The fourth-order valence-electron chi connectivity index (χ4n) is 5.00. The molecule has 6 heterocycles. The standard InChI is InChI=1S/C10H17N.C10H16S.C8H13N.C8H12S.C7H11N.C7H10S/c1-8(2)10-5-6-11(7-10)9(3)4;1-7(2)9-5-6-10(11-9)8(3)4;1-7(2)9-5-4-8(3)6-9;1-6(2)8-5-4-7(3)9-8;1-7(2)8-5-3-4-6-8;1-6(2)7-4-3-5-8-7/h5-9H,1-4H3;5-8H,1-4H3;4-7H,1-3H3;4-6H,1-3H3;3-7H,1-2H3;3-6H,1-2H3. The van der Waals surface area contributed by atoms with Crippen molar-refractivity contribution in [2.24, 2.45) is 0 Å². The van der Waals surface area contributed by atoms with E-state index in [1.54, 1.807) is 0 Å². The molecule has 0 atom stereocenters. The second-order valence-electron chi connectivity index (χ2n) is 16.9. The molecule has 0 bridgehead atoms. The molecule has 0 saturated carbocycles. The number of aryl methyl sites for hydroxylation is 2. The van der Waals surface area contributed by atoms with Gasteiger partial charge in [-0.25, -0.2) is 0 Å². The maximum atomic E-state index is 2.25. The van der Waals surface area contributed by atoms with Crippen LogP contribution in [0.5, 0.6) is 0 Å². The first-order valence-electron chi connectivity index (χ1n) is 20.9. The van der Waals surface area contributed by atoms with Gasteiger partial charge in [-0.3, -0.25) is 0 Å². The minimum absolute atomic E-state index is 0.586. The highest BCUT2D eigenvalue weighted by Crippen LogP contribution is 2.29. The van der Waals surface area contributed by atoms with E-state index in [9.17, 15) is 0 Å². The number of aromatic nitrogens is 3. The fourth-order valence-corrected chi connectivity index (χ4v) is 7.64. The topological polar surface area (TPSA) is 14.8 Å². The Bertz CT molecular complexity index is 1600. The summed E-state index contributed by atoms with van der Waals surface area (Å²) in [5.41, 5.74) is 2.77. The molecule has 312 valence electrons. The summed E-state index contributed by atoms with van der Waals surface area (Å²) in [6.45, 7) is 39.7. The molecule has 0 aliphatic heterocycles. The zero-order valence-electron chi connectivity index (χ0n) is 38.5. The summed E-state index contributed by atoms with van der Waals surface area (Å²) in [6, 6.07) is 23.4. The van der Waals surface area contributed by atoms with Crippen LogP contribution in [0, 0.1) is 13.8 Å². The normalized spacial score (nSPS) is 10.9. The molecule has 3 nitrogen and oxygen atoms in total. The van der Waals surface area contributed by atoms with Gasteiger partial charge in [0.15, 0.2) is 0 Å². The molecule has 0 fully saturated rings. The summed E-state index contributed by atoms with van der Waals surface area (Å²) in [6.07, 6.45) is 12.8. The molecule has 0 aromatic carbocycles. The van der Waals surface area contributed by atoms with Crippen molar-refractivity contribution < 1.29 is 0 Å². The Balaban J connectivity index is 0.000000337. The van der Waals surface area contributed by atoms with Gasteiger partial charge in [-0.15, -0.1) is 34.0 Å². The van der Waals surface area contributed by atoms with E-state index in [4.69, 9.17) is 0 Å². The third-order valence-electron chi connectivity index (χ3n) is 8.91. The van der Waals surface area contributed by atoms with Gasteiger partial charge in [0.1, 0.15) is 0 Å². The van der Waals surface area contributed by atoms with Gasteiger partial charge in [0.05, 0.1) is 0 Å². The van der Waals surface area contributed by atoms with Crippen LogP contribution < -0.4 is 0 Å². The van der Waals surface area contributed by atoms with Crippen LogP contribution in [0.25, 0.3) is 0 Å². The second-order valence-corrected chi connectivity index (χ2v) is 20.4. The van der Waals surface area contributed by atoms with Crippen molar-refractivity contribution in [3.63, 3.8) is 0 Å². The van der Waals surface area contributed by atoms with Crippen molar-refractivity contribution >= 4 is 34.0 Å². The zero-order valence-corrected chi connectivity index (χ0v) is 40.9. The Hall–Kier alpha value is -3.06. The predicted molar refractivity (Wildman–Crippen MR) is 257 cm³/mol. The molecule has 0 unspecified atom stereocenters. The van der Waals surface area contributed by atoms with Gasteiger partial charge in [-0.2, -0.15) is 0 Å². The smallest absolute Gasteiger partial charge is 0.0274 e. The highest BCUT2D eigenvalue weighted by molar-refractivity contribution is 7.12. The minimum atomic E-state index is 0.586. The molecule has 0 aliphatic rings. The van der Waals surface area contributed by atoms with E-state index in [0.717, 1.165) is 0 Å². The monoisotopic (exact) mass is 818 g/mol. The summed E-state index contributed by atoms with van der Waals surface area (Å²) >= 11 is 5.68. The lowest BCUT2D eigenvalue weighted by molar-refractivity contribution is 0.601. The van der Waals surface area contributed by atoms with Crippen LogP contribution in [0.2, 0.25) is 0 Å². The lowest BCUT2D eigenvalue weighted by Gasteiger charge is -2.06. The van der Waals surface area contributed by atoms with Crippen LogP contribution in [0.15, 0.2) is 103 Å². The zero-order chi connectivity index (χ0) is 42.5. The maximum Gasteiger partial charge on any atom is 0.0274 e. The van der Waals surface area contributed by atoms with E-state index in [2.05, 4.69) is 229 Å². The first-order valence-corrected chi connectivity index (χ1v) is 23.4. The summed E-state index contributed by atoms with van der Waals surface area (Å²) in [7, 11) is 0. The van der Waals surface area contributed by atoms with Crippen LogP contribution in [0.3, 0.4) is 0 Å². The van der Waals surface area contributed by atoms with Crippen LogP contribution in [0.1, 0.15) is 194 Å². The lowest BCUT2D eigenvalue weighted by Crippen LogP contribution is -1.96. The molecule has 6 heteroatoms. The Kier molecular flexibility index (Phi) is 24.4. The first-order chi connectivity index (χ1) is 26.2. The van der Waals surface area contributed by atoms with E-state index < -0.39 is 0 Å². The highest BCUT2D eigenvalue weighted by atomic mass is 32.1. The molecule has 6 rings (SSSR count). The van der Waals surface area contributed by atoms with E-state index in [1.807, 2.05) is 46.1 Å². The third kappa shape index (κ3) is 20.4. The molecule has 0 amide bonds. The van der Waals surface area contributed by atoms with Crippen molar-refractivity contribution in [2.75, 3.05) is 0 Å². The fraction of sp³-hybridized carbons (Fsp3) is 0.520. The van der Waals surface area contributed by atoms with E-state index in [0.29, 0.717) is 47.7 Å². The molecule has 6 aromatic rings. The summed E-state index contributed by atoms with van der Waals surface area (Å²) in [4.78, 5) is 7.40. The molecule has 56 heavy (non-hydrogen) atoms. The second kappa shape index (κ2) is 26.8. The Morgan fingerprint density at radius 2 is 0.839 bits per heavy atom. The van der Waals surface area contributed by atoms with Gasteiger partial charge >= 0.3 is 0 Å². The van der Waals surface area contributed by atoms with Gasteiger partial charge in [-0.1, -0.05) is 75.3 Å². The first kappa shape index (κ1) is 51.0. The molecule has 0 N–H and O–H groups in total. The van der Waals surface area contributed by atoms with Gasteiger partial charge < -0.3 is 13.7 Å². The minimum Gasteiger partial charge on any atom is -0.352 e. The van der Waals surface area contributed by atoms with Crippen molar-refractivity contribution in [1.82, 2.24) is 13.7 Å². The van der Waals surface area contributed by atoms with Gasteiger partial charge in [0.25, 0.3) is 0 Å². The third-order valence-corrected chi connectivity index (χ3v) is 13.1. The molecular formula is C50H79N3S3. The quantitative estimate of drug-likeness (QED) is 0.145. The lowest BCUT2D eigenvalue weighted by atomic mass is 10.1. The molecule has 6 aromatic heterocycles. The van der Waals surface area contributed by atoms with Gasteiger partial charge in [0, 0.05) is 79.7 Å². The van der Waals surface area contributed by atoms with Gasteiger partial charge in [0.2, 0.25) is 0 Å². The maximum absolute atomic E-state index is 2.25. The average Bonchev–Trinajstić information content (AvgIpc) is 3.98. The van der Waals surface area contributed by atoms with E-state index in [-0.39, 0.29) is 0 Å². The van der Waals surface area contributed by atoms with Crippen molar-refractivity contribution in [1.29, 1.82) is 0 Å². The van der Waals surface area contributed by atoms with Crippen LogP contribution in [-0.4, -0.2) is 13.7 Å². The van der Waals surface area contributed by atoms with Crippen molar-refractivity contribution in [3.05, 3.63) is 139 Å². The summed E-state index contributed by atoms with van der Waals surface area (Å²) < 4.78 is 6.62. The average molecular weight is 818 g/mol.